The number of benzene rings is 2. The molecular weight excluding hydrogens is 386 g/mol. The Morgan fingerprint density at radius 3 is 2.52 bits per heavy atom. The second-order valence-electron chi connectivity index (χ2n) is 6.24. The molecular formula is C23H19NO4S. The van der Waals surface area contributed by atoms with E-state index >= 15 is 0 Å². The largest absolute Gasteiger partial charge is 0.444 e. The average molecular weight is 405 g/mol. The Kier molecular flexibility index (Phi) is 6.71. The van der Waals surface area contributed by atoms with E-state index in [-0.39, 0.29) is 5.78 Å². The second-order valence-corrected chi connectivity index (χ2v) is 7.02. The Labute approximate surface area is 172 Å². The van der Waals surface area contributed by atoms with Crippen molar-refractivity contribution in [2.75, 3.05) is 5.32 Å². The first-order valence-electron chi connectivity index (χ1n) is 8.90. The van der Waals surface area contributed by atoms with Crippen LogP contribution < -0.4 is 5.32 Å². The molecule has 0 saturated heterocycles. The molecule has 0 spiro atoms. The van der Waals surface area contributed by atoms with Gasteiger partial charge in [-0.05, 0) is 47.5 Å². The molecule has 0 bridgehead atoms. The fourth-order valence-corrected chi connectivity index (χ4v) is 3.24. The van der Waals surface area contributed by atoms with Crippen molar-refractivity contribution in [1.82, 2.24) is 0 Å². The third kappa shape index (κ3) is 5.73. The summed E-state index contributed by atoms with van der Waals surface area (Å²) in [6, 6.07) is 17.2. The van der Waals surface area contributed by atoms with E-state index in [0.29, 0.717) is 16.8 Å². The molecule has 0 aliphatic carbocycles. The molecule has 0 aliphatic rings. The number of carbonyl (C=O) groups is 3. The zero-order valence-corrected chi connectivity index (χ0v) is 16.5. The van der Waals surface area contributed by atoms with E-state index in [1.165, 1.54) is 24.3 Å². The average Bonchev–Trinajstić information content (AvgIpc) is 3.25. The van der Waals surface area contributed by atoms with Gasteiger partial charge in [0.2, 0.25) is 6.10 Å². The molecule has 0 saturated carbocycles. The predicted molar refractivity (Wildman–Crippen MR) is 114 cm³/mol. The summed E-state index contributed by atoms with van der Waals surface area (Å²) in [7, 11) is 0. The number of hydrogen-bond donors (Lipinski definition) is 1. The summed E-state index contributed by atoms with van der Waals surface area (Å²) < 4.78 is 5.45. The second kappa shape index (κ2) is 9.61. The van der Waals surface area contributed by atoms with Crippen LogP contribution in [-0.4, -0.2) is 17.7 Å². The van der Waals surface area contributed by atoms with Crippen LogP contribution in [0.3, 0.4) is 0 Å². The fourth-order valence-electron chi connectivity index (χ4n) is 2.61. The number of anilines is 1. The minimum absolute atomic E-state index is 0.106. The number of nitrogens with one attached hydrogen (secondary N) is 1. The molecule has 5 nitrogen and oxygen atoms in total. The lowest BCUT2D eigenvalue weighted by Crippen LogP contribution is -2.25. The minimum Gasteiger partial charge on any atom is -0.444 e. The van der Waals surface area contributed by atoms with Gasteiger partial charge in [-0.3, -0.25) is 9.59 Å². The van der Waals surface area contributed by atoms with Crippen LogP contribution in [0, 0.1) is 0 Å². The molecule has 0 fully saturated rings. The Morgan fingerprint density at radius 1 is 1.03 bits per heavy atom. The van der Waals surface area contributed by atoms with Gasteiger partial charge in [-0.2, -0.15) is 11.3 Å². The van der Waals surface area contributed by atoms with Crippen LogP contribution >= 0.6 is 11.3 Å². The standard InChI is InChI=1S/C23H19NO4S/c1-16(25)19-8-5-9-20(14-19)24-23(27)22(18-6-3-2-4-7-18)28-21(26)11-10-17-12-13-29-15-17/h2-15,22H,1H3,(H,24,27)/b11-10+/t22-/m1/s1. The number of carbonyl (C=O) groups excluding carboxylic acids is 3. The van der Waals surface area contributed by atoms with Gasteiger partial charge < -0.3 is 10.1 Å². The third-order valence-corrected chi connectivity index (χ3v) is 4.77. The maximum atomic E-state index is 12.9. The number of thiophene rings is 1. The third-order valence-electron chi connectivity index (χ3n) is 4.07. The van der Waals surface area contributed by atoms with Crippen LogP contribution in [0.4, 0.5) is 5.69 Å². The predicted octanol–water partition coefficient (Wildman–Crippen LogP) is 4.89. The molecule has 0 radical (unpaired) electrons. The molecule has 0 unspecified atom stereocenters. The van der Waals surface area contributed by atoms with Crippen molar-refractivity contribution in [2.45, 2.75) is 13.0 Å². The van der Waals surface area contributed by atoms with E-state index in [1.807, 2.05) is 22.9 Å². The van der Waals surface area contributed by atoms with E-state index in [2.05, 4.69) is 5.32 Å². The van der Waals surface area contributed by atoms with Crippen molar-refractivity contribution < 1.29 is 19.1 Å². The summed E-state index contributed by atoms with van der Waals surface area (Å²) in [5, 5.41) is 6.52. The van der Waals surface area contributed by atoms with Crippen LogP contribution in [0.1, 0.15) is 34.5 Å². The topological polar surface area (TPSA) is 72.5 Å². The Hall–Kier alpha value is -3.51. The van der Waals surface area contributed by atoms with Gasteiger partial charge in [-0.1, -0.05) is 42.5 Å². The molecule has 29 heavy (non-hydrogen) atoms. The highest BCUT2D eigenvalue weighted by Gasteiger charge is 2.24. The molecule has 6 heteroatoms. The van der Waals surface area contributed by atoms with Gasteiger partial charge in [0, 0.05) is 22.9 Å². The van der Waals surface area contributed by atoms with E-state index in [1.54, 1.807) is 54.6 Å². The summed E-state index contributed by atoms with van der Waals surface area (Å²) >= 11 is 1.52. The highest BCUT2D eigenvalue weighted by molar-refractivity contribution is 7.08. The maximum absolute atomic E-state index is 12.9. The number of ether oxygens (including phenoxy) is 1. The van der Waals surface area contributed by atoms with Crippen molar-refractivity contribution in [2.24, 2.45) is 0 Å². The lowest BCUT2D eigenvalue weighted by atomic mass is 10.1. The first-order valence-corrected chi connectivity index (χ1v) is 9.85. The molecule has 3 aromatic rings. The van der Waals surface area contributed by atoms with Gasteiger partial charge in [0.25, 0.3) is 5.91 Å². The Morgan fingerprint density at radius 2 is 1.83 bits per heavy atom. The highest BCUT2D eigenvalue weighted by atomic mass is 32.1. The number of Topliss-reactive ketones (excluding diaryl/α,β-unsaturated/α-hetero) is 1. The quantitative estimate of drug-likeness (QED) is 0.345. The summed E-state index contributed by atoms with van der Waals surface area (Å²) in [6.45, 7) is 1.45. The summed E-state index contributed by atoms with van der Waals surface area (Å²) in [5.74, 6) is -1.24. The number of ketones is 1. The van der Waals surface area contributed by atoms with E-state index in [4.69, 9.17) is 4.74 Å². The summed E-state index contributed by atoms with van der Waals surface area (Å²) in [4.78, 5) is 36.7. The van der Waals surface area contributed by atoms with Crippen LogP contribution in [0.25, 0.3) is 6.08 Å². The van der Waals surface area contributed by atoms with Gasteiger partial charge in [0.1, 0.15) is 0 Å². The van der Waals surface area contributed by atoms with E-state index in [9.17, 15) is 14.4 Å². The molecule has 1 aromatic heterocycles. The van der Waals surface area contributed by atoms with E-state index < -0.39 is 18.0 Å². The van der Waals surface area contributed by atoms with Crippen LogP contribution in [0.15, 0.2) is 77.5 Å². The lowest BCUT2D eigenvalue weighted by molar-refractivity contribution is -0.149. The number of amides is 1. The number of esters is 1. The normalized spacial score (nSPS) is 11.8. The van der Waals surface area contributed by atoms with Crippen molar-refractivity contribution in [3.8, 4) is 0 Å². The Bertz CT molecular complexity index is 1030. The van der Waals surface area contributed by atoms with Gasteiger partial charge in [0.05, 0.1) is 0 Å². The molecule has 1 atom stereocenters. The fraction of sp³-hybridized carbons (Fsp3) is 0.0870. The molecule has 1 amide bonds. The van der Waals surface area contributed by atoms with Gasteiger partial charge in [0.15, 0.2) is 5.78 Å². The van der Waals surface area contributed by atoms with Gasteiger partial charge in [-0.25, -0.2) is 4.79 Å². The first-order chi connectivity index (χ1) is 14.0. The van der Waals surface area contributed by atoms with E-state index in [0.717, 1.165) is 5.56 Å². The van der Waals surface area contributed by atoms with Crippen molar-refractivity contribution in [1.29, 1.82) is 0 Å². The molecule has 146 valence electrons. The van der Waals surface area contributed by atoms with Crippen LogP contribution in [0.2, 0.25) is 0 Å². The molecule has 0 aliphatic heterocycles. The zero-order chi connectivity index (χ0) is 20.6. The van der Waals surface area contributed by atoms with Crippen molar-refractivity contribution in [3.05, 3.63) is 94.2 Å². The maximum Gasteiger partial charge on any atom is 0.331 e. The SMILES string of the molecule is CC(=O)c1cccc(NC(=O)[C@H](OC(=O)/C=C/c2ccsc2)c2ccccc2)c1. The van der Waals surface area contributed by atoms with Gasteiger partial charge in [-0.15, -0.1) is 0 Å². The van der Waals surface area contributed by atoms with Crippen molar-refractivity contribution >= 4 is 40.8 Å². The monoisotopic (exact) mass is 405 g/mol. The minimum atomic E-state index is -1.13. The van der Waals surface area contributed by atoms with Crippen LogP contribution in [0.5, 0.6) is 0 Å². The smallest absolute Gasteiger partial charge is 0.331 e. The van der Waals surface area contributed by atoms with Crippen molar-refractivity contribution in [3.63, 3.8) is 0 Å². The molecule has 3 rings (SSSR count). The van der Waals surface area contributed by atoms with Crippen LogP contribution in [-0.2, 0) is 14.3 Å². The van der Waals surface area contributed by atoms with Gasteiger partial charge >= 0.3 is 5.97 Å². The first kappa shape index (κ1) is 20.2. The Balaban J connectivity index is 1.78. The molecule has 1 N–H and O–H groups in total. The number of hydrogen-bond acceptors (Lipinski definition) is 5. The zero-order valence-electron chi connectivity index (χ0n) is 15.7. The summed E-state index contributed by atoms with van der Waals surface area (Å²) in [6.07, 6.45) is 1.80. The molecule has 1 heterocycles. The summed E-state index contributed by atoms with van der Waals surface area (Å²) in [5.41, 5.74) is 2.36. The highest BCUT2D eigenvalue weighted by Crippen LogP contribution is 2.21. The lowest BCUT2D eigenvalue weighted by Gasteiger charge is -2.17. The molecule has 2 aromatic carbocycles. The number of rotatable bonds is 7.